The largest absolute Gasteiger partial charge is 0.444 e. The van der Waals surface area contributed by atoms with Crippen LogP contribution in [-0.4, -0.2) is 180 Å². The summed E-state index contributed by atoms with van der Waals surface area (Å²) < 4.78 is 71.4. The summed E-state index contributed by atoms with van der Waals surface area (Å²) in [6, 6.07) is 2.11. The van der Waals surface area contributed by atoms with Gasteiger partial charge in [0, 0.05) is 65.4 Å². The predicted octanol–water partition coefficient (Wildman–Crippen LogP) is 17.6. The number of aromatic nitrogens is 4. The Balaban J connectivity index is 0.00000116. The second-order valence-corrected chi connectivity index (χ2v) is 35.1. The van der Waals surface area contributed by atoms with Crippen molar-refractivity contribution in [3.05, 3.63) is 35.9 Å². The first kappa shape index (κ1) is 93.5. The lowest BCUT2D eigenvalue weighted by molar-refractivity contribution is -0.170. The lowest BCUT2D eigenvalue weighted by Crippen LogP contribution is -2.44. The highest BCUT2D eigenvalue weighted by Crippen LogP contribution is 2.25. The topological polar surface area (TPSA) is 225 Å². The molecule has 3 fully saturated rings. The molecule has 2 aromatic heterocycles. The summed E-state index contributed by atoms with van der Waals surface area (Å²) in [5.41, 5.74) is 0.115. The van der Waals surface area contributed by atoms with Gasteiger partial charge in [-0.05, 0) is 247 Å². The molecule has 0 radical (unpaired) electrons. The molecule has 574 valence electrons. The Bertz CT molecular complexity index is 2460. The van der Waals surface area contributed by atoms with Gasteiger partial charge >= 0.3 is 24.4 Å². The molecule has 2 aromatic rings. The van der Waals surface area contributed by atoms with E-state index in [9.17, 15) is 27.6 Å². The molecule has 5 heterocycles. The molecule has 5 rings (SSSR count). The molecule has 0 saturated carbocycles. The summed E-state index contributed by atoms with van der Waals surface area (Å²) in [6.07, 6.45) is 21.5. The van der Waals surface area contributed by atoms with Crippen molar-refractivity contribution in [2.24, 2.45) is 41.4 Å². The molecule has 3 saturated heterocycles. The monoisotopic (exact) mass is 1410 g/mol. The van der Waals surface area contributed by atoms with Crippen molar-refractivity contribution < 1.29 is 65.5 Å². The third-order valence-corrected chi connectivity index (χ3v) is 15.5. The number of sulfonamides is 1. The lowest BCUT2D eigenvalue weighted by Gasteiger charge is -2.28. The Labute approximate surface area is 596 Å². The number of rotatable bonds is 23. The molecular weight excluding hydrogens is 1270 g/mol. The number of amides is 4. The van der Waals surface area contributed by atoms with Gasteiger partial charge in [-0.2, -0.15) is 10.2 Å². The van der Waals surface area contributed by atoms with Gasteiger partial charge in [0.05, 0.1) is 24.8 Å². The minimum atomic E-state index is -3.57. The van der Waals surface area contributed by atoms with Crippen LogP contribution >= 0.6 is 0 Å². The molecule has 3 aliphatic rings. The van der Waals surface area contributed by atoms with Crippen LogP contribution in [0.15, 0.2) is 24.7 Å². The van der Waals surface area contributed by atoms with E-state index in [1.807, 2.05) is 70.2 Å². The van der Waals surface area contributed by atoms with Crippen molar-refractivity contribution >= 4 is 34.4 Å². The summed E-state index contributed by atoms with van der Waals surface area (Å²) in [4.78, 5) is 52.3. The van der Waals surface area contributed by atoms with E-state index in [4.69, 9.17) is 37.9 Å². The first-order valence-electron chi connectivity index (χ1n) is 36.6. The zero-order valence-electron chi connectivity index (χ0n) is 67.0. The normalized spacial score (nSPS) is 17.2. The van der Waals surface area contributed by atoms with Crippen LogP contribution in [0.4, 0.5) is 19.2 Å². The number of imide groups is 1. The molecule has 3 aliphatic heterocycles. The van der Waals surface area contributed by atoms with Gasteiger partial charge in [-0.15, -0.1) is 0 Å². The van der Waals surface area contributed by atoms with Crippen LogP contribution in [0.1, 0.15) is 273 Å². The highest BCUT2D eigenvalue weighted by Gasteiger charge is 2.32. The van der Waals surface area contributed by atoms with Gasteiger partial charge in [0.1, 0.15) is 34.9 Å². The Morgan fingerprint density at radius 1 is 0.551 bits per heavy atom. The van der Waals surface area contributed by atoms with E-state index in [2.05, 4.69) is 96.8 Å². The van der Waals surface area contributed by atoms with E-state index in [0.717, 1.165) is 99.4 Å². The number of carbonyl (C=O) groups is 4. The van der Waals surface area contributed by atoms with E-state index >= 15 is 0 Å². The Kier molecular flexibility index (Phi) is 44.7. The molecule has 0 aliphatic carbocycles. The molecule has 0 bridgehead atoms. The van der Waals surface area contributed by atoms with Crippen LogP contribution in [0, 0.1) is 41.4 Å². The van der Waals surface area contributed by atoms with Crippen molar-refractivity contribution in [2.75, 3.05) is 80.0 Å². The number of carbonyl (C=O) groups excluding carboxylic acids is 4. The van der Waals surface area contributed by atoms with Gasteiger partial charge in [0.2, 0.25) is 10.0 Å². The highest BCUT2D eigenvalue weighted by atomic mass is 32.2. The average Bonchev–Trinajstić information content (AvgIpc) is 1.05. The number of hydrogen-bond acceptors (Lipinski definition) is 17. The van der Waals surface area contributed by atoms with Crippen LogP contribution in [0.5, 0.6) is 0 Å². The molecule has 22 nitrogen and oxygen atoms in total. The third-order valence-electron chi connectivity index (χ3n) is 14.4. The predicted molar refractivity (Wildman–Crippen MR) is 394 cm³/mol. The summed E-state index contributed by atoms with van der Waals surface area (Å²) >= 11 is 0. The summed E-state index contributed by atoms with van der Waals surface area (Å²) in [5, 5.41) is 8.95. The molecular formula is C75H144N8O14S. The van der Waals surface area contributed by atoms with Crippen molar-refractivity contribution in [2.45, 2.75) is 304 Å². The minimum absolute atomic E-state index is 0.0561. The van der Waals surface area contributed by atoms with Crippen LogP contribution < -0.4 is 0 Å². The molecule has 0 spiro atoms. The van der Waals surface area contributed by atoms with E-state index in [-0.39, 0.29) is 31.4 Å². The van der Waals surface area contributed by atoms with Crippen LogP contribution in [0.2, 0.25) is 0 Å². The molecule has 0 aromatic carbocycles. The number of ether oxygens (including phenoxy) is 8. The molecule has 98 heavy (non-hydrogen) atoms. The standard InChI is InChI=1S/C15H29NO4.C14H29NO2.2C12H20N2O.C11H23NO4S.C11H23NO2/c1-11(2)9-10-16(12(17)19-14(3,4)5)13(18)20-15(6,7)8;1-12(2)9-13(10-15(3)4)11-17-14-7-5-6-8-16-14;1-10(2)9-11-6-7-14(13-11)12-5-3-4-8-15-12;1-10(2)7-11-8-13-14(9-11)12-5-3-4-6-15-12;1-9(2)7-8-12(17(6,14)15)10(13)16-11(3,4)5;1-9(2)7-8-12(6)10(13)14-11(3,4)5/h11H,9-10H2,1-8H3;12-14H,5-11H2,1-4H3;6-7,10,12H,3-5,8-9H2,1-2H3;8-10,12H,3-7H2,1-2H3;9H,7-8H2,1-6H3;9H,7-8H2,1-6H3. The zero-order valence-corrected chi connectivity index (χ0v) is 67.9. The van der Waals surface area contributed by atoms with Gasteiger partial charge in [0.15, 0.2) is 6.29 Å². The fourth-order valence-electron chi connectivity index (χ4n) is 9.75. The fourth-order valence-corrected chi connectivity index (χ4v) is 10.5. The quantitative estimate of drug-likeness (QED) is 0.0943. The lowest BCUT2D eigenvalue weighted by atomic mass is 9.97. The fraction of sp³-hybridized carbons (Fsp3) is 0.867. The zero-order chi connectivity index (χ0) is 75.4. The molecule has 0 N–H and O–H groups in total. The van der Waals surface area contributed by atoms with Gasteiger partial charge in [-0.3, -0.25) is 0 Å². The molecule has 4 unspecified atom stereocenters. The number of hydrogen-bond donors (Lipinski definition) is 0. The first-order chi connectivity index (χ1) is 45.1. The number of nitrogens with zero attached hydrogens (tertiary/aromatic N) is 8. The van der Waals surface area contributed by atoms with E-state index in [1.165, 1.54) is 56.2 Å². The maximum atomic E-state index is 12.1. The first-order valence-corrected chi connectivity index (χ1v) is 38.5. The summed E-state index contributed by atoms with van der Waals surface area (Å²) in [6.45, 7) is 52.8. The Morgan fingerprint density at radius 2 is 0.990 bits per heavy atom. The second kappa shape index (κ2) is 46.9. The van der Waals surface area contributed by atoms with Gasteiger partial charge < -0.3 is 47.7 Å². The van der Waals surface area contributed by atoms with Crippen molar-refractivity contribution in [1.29, 1.82) is 0 Å². The summed E-state index contributed by atoms with van der Waals surface area (Å²) in [5.74, 6) is 4.02. The van der Waals surface area contributed by atoms with Crippen LogP contribution in [-0.2, 0) is 60.8 Å². The molecule has 23 heteroatoms. The van der Waals surface area contributed by atoms with Crippen molar-refractivity contribution in [1.82, 2.24) is 38.6 Å². The van der Waals surface area contributed by atoms with E-state index in [1.54, 1.807) is 74.3 Å². The summed E-state index contributed by atoms with van der Waals surface area (Å²) in [7, 11) is 2.46. The van der Waals surface area contributed by atoms with Crippen molar-refractivity contribution in [3.63, 3.8) is 0 Å². The van der Waals surface area contributed by atoms with Gasteiger partial charge in [0.25, 0.3) is 0 Å². The maximum absolute atomic E-state index is 12.1. The van der Waals surface area contributed by atoms with E-state index in [0.29, 0.717) is 54.9 Å². The van der Waals surface area contributed by atoms with Crippen molar-refractivity contribution in [3.8, 4) is 0 Å². The Hall–Kier alpha value is -4.55. The smallest absolute Gasteiger partial charge is 0.424 e. The van der Waals surface area contributed by atoms with E-state index < -0.39 is 50.7 Å². The van der Waals surface area contributed by atoms with Gasteiger partial charge in [-0.25, -0.2) is 46.2 Å². The van der Waals surface area contributed by atoms with Crippen LogP contribution in [0.25, 0.3) is 0 Å². The van der Waals surface area contributed by atoms with Gasteiger partial charge in [-0.1, -0.05) is 83.1 Å². The highest BCUT2D eigenvalue weighted by molar-refractivity contribution is 7.88. The third kappa shape index (κ3) is 49.1. The average molecular weight is 1410 g/mol. The maximum Gasteiger partial charge on any atom is 0.424 e. The SMILES string of the molecule is CC(C)CC(COC1CCCCO1)CN(C)C.CC(C)CCN(C(=O)OC(C)(C)C)C(=O)OC(C)(C)C.CC(C)CCN(C(=O)OC(C)(C)C)S(C)(=O)=O.CC(C)CCN(C)C(=O)OC(C)(C)C.CC(C)Cc1ccn(C2CCCCO2)n1.CC(C)Cc1cnn(C2CCCCO2)c1. The van der Waals surface area contributed by atoms with Crippen LogP contribution in [0.3, 0.4) is 0 Å². The second-order valence-electron chi connectivity index (χ2n) is 33.2. The Morgan fingerprint density at radius 3 is 1.40 bits per heavy atom. The molecule has 4 amide bonds. The molecule has 4 atom stereocenters. The minimum Gasteiger partial charge on any atom is -0.444 e.